The Labute approximate surface area is 124 Å². The fourth-order valence-electron chi connectivity index (χ4n) is 2.86. The Morgan fingerprint density at radius 2 is 1.86 bits per heavy atom. The highest BCUT2D eigenvalue weighted by molar-refractivity contribution is 6.11. The molecule has 2 aromatic heterocycles. The summed E-state index contributed by atoms with van der Waals surface area (Å²) in [5, 5.41) is 1.80. The molecule has 0 atom stereocenters. The van der Waals surface area contributed by atoms with Gasteiger partial charge >= 0.3 is 0 Å². The number of benzene rings is 2. The zero-order valence-corrected chi connectivity index (χ0v) is 11.7. The Bertz CT molecular complexity index is 1020. The van der Waals surface area contributed by atoms with Crippen LogP contribution in [-0.4, -0.2) is 14.5 Å². The van der Waals surface area contributed by atoms with Gasteiger partial charge in [-0.05, 0) is 30.3 Å². The number of nitrogens with zero attached hydrogens (tertiary/aromatic N) is 3. The average molecular weight is 295 g/mol. The minimum Gasteiger partial charge on any atom is -0.350 e. The largest absolute Gasteiger partial charge is 0.350 e. The molecule has 0 fully saturated rings. The minimum absolute atomic E-state index is 0.229. The van der Waals surface area contributed by atoms with Crippen LogP contribution in [0.4, 0.5) is 8.78 Å². The van der Waals surface area contributed by atoms with Gasteiger partial charge in [0.05, 0.1) is 11.0 Å². The molecule has 0 bridgehead atoms. The zero-order valence-electron chi connectivity index (χ0n) is 11.7. The molecule has 0 saturated heterocycles. The van der Waals surface area contributed by atoms with Crippen molar-refractivity contribution in [2.45, 2.75) is 0 Å². The summed E-state index contributed by atoms with van der Waals surface area (Å²) < 4.78 is 29.7. The number of fused-ring (bicyclic) bond motifs is 3. The average Bonchev–Trinajstić information content (AvgIpc) is 2.92. The predicted molar refractivity (Wildman–Crippen MR) is 81.4 cm³/mol. The van der Waals surface area contributed by atoms with Gasteiger partial charge in [0.1, 0.15) is 18.0 Å². The molecule has 0 saturated carbocycles. The minimum atomic E-state index is -0.471. The second-order valence-corrected chi connectivity index (χ2v) is 5.19. The normalized spacial score (nSPS) is 11.4. The summed E-state index contributed by atoms with van der Waals surface area (Å²) in [6.07, 6.45) is 5.07. The maximum absolute atomic E-state index is 14.2. The number of hydrogen-bond acceptors (Lipinski definition) is 2. The van der Waals surface area contributed by atoms with Crippen LogP contribution >= 0.6 is 0 Å². The van der Waals surface area contributed by atoms with E-state index in [-0.39, 0.29) is 5.56 Å². The first-order valence-electron chi connectivity index (χ1n) is 6.78. The first-order valence-corrected chi connectivity index (χ1v) is 6.78. The topological polar surface area (TPSA) is 30.7 Å². The van der Waals surface area contributed by atoms with Gasteiger partial charge in [-0.25, -0.2) is 18.7 Å². The second kappa shape index (κ2) is 4.59. The fourth-order valence-corrected chi connectivity index (χ4v) is 2.86. The molecule has 4 rings (SSSR count). The van der Waals surface area contributed by atoms with E-state index in [0.29, 0.717) is 11.1 Å². The van der Waals surface area contributed by atoms with Crippen LogP contribution in [0, 0.1) is 11.6 Å². The molecule has 0 radical (unpaired) electrons. The smallest absolute Gasteiger partial charge is 0.131 e. The number of aryl methyl sites for hydroxylation is 1. The molecule has 2 aromatic carbocycles. The van der Waals surface area contributed by atoms with Gasteiger partial charge in [-0.1, -0.05) is 0 Å². The van der Waals surface area contributed by atoms with Crippen LogP contribution in [0.15, 0.2) is 49.1 Å². The van der Waals surface area contributed by atoms with Crippen molar-refractivity contribution in [1.82, 2.24) is 14.5 Å². The maximum atomic E-state index is 14.2. The van der Waals surface area contributed by atoms with Crippen molar-refractivity contribution >= 4 is 21.8 Å². The molecule has 0 aliphatic rings. The second-order valence-electron chi connectivity index (χ2n) is 5.19. The third kappa shape index (κ3) is 1.79. The van der Waals surface area contributed by atoms with E-state index in [1.807, 2.05) is 23.9 Å². The van der Waals surface area contributed by atoms with E-state index in [1.54, 1.807) is 12.3 Å². The first kappa shape index (κ1) is 12.9. The number of aromatic nitrogens is 3. The fraction of sp³-hybridized carbons (Fsp3) is 0.0588. The highest BCUT2D eigenvalue weighted by Gasteiger charge is 2.15. The molecule has 22 heavy (non-hydrogen) atoms. The van der Waals surface area contributed by atoms with E-state index < -0.39 is 11.6 Å². The molecule has 3 nitrogen and oxygen atoms in total. The lowest BCUT2D eigenvalue weighted by atomic mass is 9.99. The summed E-state index contributed by atoms with van der Waals surface area (Å²) in [6, 6.07) is 7.18. The van der Waals surface area contributed by atoms with Crippen molar-refractivity contribution < 1.29 is 8.78 Å². The van der Waals surface area contributed by atoms with E-state index in [9.17, 15) is 8.78 Å². The van der Waals surface area contributed by atoms with Gasteiger partial charge in [-0.3, -0.25) is 0 Å². The molecule has 5 heteroatoms. The molecule has 0 aliphatic carbocycles. The Kier molecular flexibility index (Phi) is 2.69. The van der Waals surface area contributed by atoms with Crippen LogP contribution in [0.25, 0.3) is 32.9 Å². The summed E-state index contributed by atoms with van der Waals surface area (Å²) in [5.41, 5.74) is 2.37. The van der Waals surface area contributed by atoms with Crippen molar-refractivity contribution in [3.8, 4) is 11.1 Å². The van der Waals surface area contributed by atoms with Crippen LogP contribution in [0.1, 0.15) is 0 Å². The molecular weight excluding hydrogens is 284 g/mol. The molecule has 0 spiro atoms. The molecular formula is C17H11F2N3. The number of rotatable bonds is 1. The molecule has 2 heterocycles. The summed E-state index contributed by atoms with van der Waals surface area (Å²) in [6.45, 7) is 0. The summed E-state index contributed by atoms with van der Waals surface area (Å²) in [5.74, 6) is -0.932. The summed E-state index contributed by atoms with van der Waals surface area (Å²) >= 11 is 0. The molecule has 4 aromatic rings. The molecule has 0 aliphatic heterocycles. The lowest BCUT2D eigenvalue weighted by Crippen LogP contribution is -1.94. The number of halogens is 2. The van der Waals surface area contributed by atoms with E-state index in [4.69, 9.17) is 0 Å². The lowest BCUT2D eigenvalue weighted by Gasteiger charge is -2.10. The first-order chi connectivity index (χ1) is 10.6. The van der Waals surface area contributed by atoms with Crippen LogP contribution in [0.3, 0.4) is 0 Å². The van der Waals surface area contributed by atoms with E-state index in [2.05, 4.69) is 9.97 Å². The summed E-state index contributed by atoms with van der Waals surface area (Å²) in [4.78, 5) is 8.29. The van der Waals surface area contributed by atoms with Crippen molar-refractivity contribution in [2.75, 3.05) is 0 Å². The van der Waals surface area contributed by atoms with Gasteiger partial charge in [0, 0.05) is 41.3 Å². The Balaban J connectivity index is 2.20. The number of hydrogen-bond donors (Lipinski definition) is 0. The molecule has 108 valence electrons. The van der Waals surface area contributed by atoms with Crippen molar-refractivity contribution in [3.63, 3.8) is 0 Å². The van der Waals surface area contributed by atoms with Gasteiger partial charge in [-0.15, -0.1) is 0 Å². The third-order valence-corrected chi connectivity index (χ3v) is 3.86. The predicted octanol–water partition coefficient (Wildman–Crippen LogP) is 4.07. The zero-order chi connectivity index (χ0) is 15.3. The molecule has 0 amide bonds. The Morgan fingerprint density at radius 3 is 2.73 bits per heavy atom. The lowest BCUT2D eigenvalue weighted by molar-refractivity contribution is 0.603. The van der Waals surface area contributed by atoms with Gasteiger partial charge in [0.2, 0.25) is 0 Å². The standard InChI is InChI=1S/C17H11F2N3/c1-22-5-4-11-14-8-20-9-21-16(14)7-13(17(11)22)12-6-10(18)2-3-15(12)19/h2-9H,1H3. The van der Waals surface area contributed by atoms with Crippen LogP contribution in [0.5, 0.6) is 0 Å². The van der Waals surface area contributed by atoms with Gasteiger partial charge in [-0.2, -0.15) is 0 Å². The Hall–Kier alpha value is -2.82. The summed E-state index contributed by atoms with van der Waals surface area (Å²) in [7, 11) is 1.87. The van der Waals surface area contributed by atoms with Gasteiger partial charge in [0.15, 0.2) is 0 Å². The van der Waals surface area contributed by atoms with E-state index >= 15 is 0 Å². The van der Waals surface area contributed by atoms with E-state index in [0.717, 1.165) is 28.4 Å². The van der Waals surface area contributed by atoms with Crippen molar-refractivity contribution in [3.05, 3.63) is 60.7 Å². The maximum Gasteiger partial charge on any atom is 0.131 e. The highest BCUT2D eigenvalue weighted by Crippen LogP contribution is 2.35. The van der Waals surface area contributed by atoms with Crippen LogP contribution < -0.4 is 0 Å². The van der Waals surface area contributed by atoms with Gasteiger partial charge < -0.3 is 4.57 Å². The third-order valence-electron chi connectivity index (χ3n) is 3.86. The van der Waals surface area contributed by atoms with Crippen molar-refractivity contribution in [2.24, 2.45) is 7.05 Å². The van der Waals surface area contributed by atoms with Crippen LogP contribution in [-0.2, 0) is 7.05 Å². The van der Waals surface area contributed by atoms with Crippen LogP contribution in [0.2, 0.25) is 0 Å². The molecule has 0 unspecified atom stereocenters. The quantitative estimate of drug-likeness (QED) is 0.530. The monoisotopic (exact) mass is 295 g/mol. The van der Waals surface area contributed by atoms with E-state index in [1.165, 1.54) is 12.4 Å². The van der Waals surface area contributed by atoms with Gasteiger partial charge in [0.25, 0.3) is 0 Å². The SMILES string of the molecule is Cn1ccc2c3cncnc3cc(-c3cc(F)ccc3F)c21. The highest BCUT2D eigenvalue weighted by atomic mass is 19.1. The molecule has 0 N–H and O–H groups in total. The van der Waals surface area contributed by atoms with Crippen molar-refractivity contribution in [1.29, 1.82) is 0 Å². The Morgan fingerprint density at radius 1 is 1.00 bits per heavy atom.